The van der Waals surface area contributed by atoms with Gasteiger partial charge in [-0.3, -0.25) is 4.79 Å². The van der Waals surface area contributed by atoms with Gasteiger partial charge in [-0.2, -0.15) is 0 Å². The molecule has 1 N–H and O–H groups in total. The molecule has 0 rings (SSSR count). The molecule has 0 heterocycles. The third-order valence-electron chi connectivity index (χ3n) is 1.27. The molecule has 0 fully saturated rings. The van der Waals surface area contributed by atoms with Crippen LogP contribution in [0.25, 0.3) is 0 Å². The molecule has 0 atom stereocenters. The number of carbonyl (C=O) groups excluding carboxylic acids is 1. The van der Waals surface area contributed by atoms with Gasteiger partial charge in [0.2, 0.25) is 0 Å². The Hall–Kier alpha value is -1.01. The quantitative estimate of drug-likeness (QED) is 0.384. The molecule has 0 saturated carbocycles. The first-order valence-electron chi connectivity index (χ1n) is 3.94. The molecule has 68 valence electrons. The Bertz CT molecular complexity index is 176. The molecule has 0 aromatic heterocycles. The smallest absolute Gasteiger partial charge is 0.306 e. The number of carbonyl (C=O) groups is 1. The lowest BCUT2D eigenvalue weighted by Crippen LogP contribution is -1.98. The molecule has 0 aliphatic carbocycles. The number of methoxy groups -OCH3 is 1. The van der Waals surface area contributed by atoms with Gasteiger partial charge >= 0.3 is 5.97 Å². The Balaban J connectivity index is 3.27. The number of rotatable bonds is 4. The Kier molecular flexibility index (Phi) is 7.41. The zero-order chi connectivity index (χ0) is 9.23. The van der Waals surface area contributed by atoms with Crippen molar-refractivity contribution in [2.45, 2.75) is 25.7 Å². The van der Waals surface area contributed by atoms with Crippen molar-refractivity contribution in [3.63, 3.8) is 0 Å². The molecule has 0 spiro atoms. The number of unbranched alkanes of at least 4 members (excludes halogenated alkanes) is 1. The second kappa shape index (κ2) is 8.09. The van der Waals surface area contributed by atoms with Gasteiger partial charge in [-0.05, 0) is 6.42 Å². The summed E-state index contributed by atoms with van der Waals surface area (Å²) in [5, 5.41) is 8.41. The molecule has 12 heavy (non-hydrogen) atoms. The summed E-state index contributed by atoms with van der Waals surface area (Å²) in [6.45, 7) is 0.172. The van der Waals surface area contributed by atoms with Crippen molar-refractivity contribution in [3.8, 4) is 11.8 Å². The standard InChI is InChI=1S/C9H14O3/c1-12-9(11)7-5-3-2-4-6-8-10/h10H,4-8H2,1H3. The first kappa shape index (κ1) is 11.0. The van der Waals surface area contributed by atoms with Crippen molar-refractivity contribution in [2.75, 3.05) is 13.7 Å². The molecule has 0 amide bonds. The van der Waals surface area contributed by atoms with Gasteiger partial charge in [0, 0.05) is 19.4 Å². The van der Waals surface area contributed by atoms with E-state index in [0.29, 0.717) is 25.7 Å². The van der Waals surface area contributed by atoms with Crippen molar-refractivity contribution >= 4 is 5.97 Å². The van der Waals surface area contributed by atoms with Gasteiger partial charge < -0.3 is 9.84 Å². The second-order valence-electron chi connectivity index (χ2n) is 2.26. The van der Waals surface area contributed by atoms with Gasteiger partial charge in [0.1, 0.15) is 0 Å². The van der Waals surface area contributed by atoms with E-state index in [-0.39, 0.29) is 12.6 Å². The predicted molar refractivity (Wildman–Crippen MR) is 45.3 cm³/mol. The van der Waals surface area contributed by atoms with Crippen LogP contribution in [0.1, 0.15) is 25.7 Å². The molecule has 0 unspecified atom stereocenters. The van der Waals surface area contributed by atoms with Crippen molar-refractivity contribution in [3.05, 3.63) is 0 Å². The number of hydrogen-bond donors (Lipinski definition) is 1. The van der Waals surface area contributed by atoms with E-state index in [0.717, 1.165) is 0 Å². The molecular formula is C9H14O3. The maximum Gasteiger partial charge on any atom is 0.306 e. The molecular weight excluding hydrogens is 156 g/mol. The van der Waals surface area contributed by atoms with Crippen LogP contribution < -0.4 is 0 Å². The van der Waals surface area contributed by atoms with Crippen LogP contribution in [0.15, 0.2) is 0 Å². The van der Waals surface area contributed by atoms with Gasteiger partial charge in [0.15, 0.2) is 0 Å². The molecule has 0 aromatic rings. The number of aliphatic hydroxyl groups excluding tert-OH is 1. The van der Waals surface area contributed by atoms with Crippen molar-refractivity contribution < 1.29 is 14.6 Å². The summed E-state index contributed by atoms with van der Waals surface area (Å²) in [4.78, 5) is 10.6. The van der Waals surface area contributed by atoms with Crippen LogP contribution in [0.2, 0.25) is 0 Å². The molecule has 0 saturated heterocycles. The van der Waals surface area contributed by atoms with E-state index >= 15 is 0 Å². The Labute approximate surface area is 72.7 Å². The maximum atomic E-state index is 10.6. The summed E-state index contributed by atoms with van der Waals surface area (Å²) in [6, 6.07) is 0. The normalized spacial score (nSPS) is 8.50. The van der Waals surface area contributed by atoms with Gasteiger partial charge in [-0.1, -0.05) is 0 Å². The van der Waals surface area contributed by atoms with Gasteiger partial charge in [0.05, 0.1) is 13.5 Å². The van der Waals surface area contributed by atoms with Crippen LogP contribution in [0.5, 0.6) is 0 Å². The lowest BCUT2D eigenvalue weighted by Gasteiger charge is -1.91. The van der Waals surface area contributed by atoms with Crippen molar-refractivity contribution in [1.82, 2.24) is 0 Å². The minimum absolute atomic E-state index is 0.172. The fourth-order valence-corrected chi connectivity index (χ4v) is 0.611. The summed E-state index contributed by atoms with van der Waals surface area (Å²) < 4.78 is 4.43. The zero-order valence-electron chi connectivity index (χ0n) is 7.30. The average molecular weight is 170 g/mol. The van der Waals surface area contributed by atoms with E-state index in [1.807, 2.05) is 0 Å². The van der Waals surface area contributed by atoms with Gasteiger partial charge in [-0.15, -0.1) is 11.8 Å². The van der Waals surface area contributed by atoms with Crippen molar-refractivity contribution in [2.24, 2.45) is 0 Å². The van der Waals surface area contributed by atoms with E-state index < -0.39 is 0 Å². The largest absolute Gasteiger partial charge is 0.469 e. The average Bonchev–Trinajstić information content (AvgIpc) is 2.10. The summed E-state index contributed by atoms with van der Waals surface area (Å²) in [5.74, 6) is 5.44. The molecule has 0 aliphatic heterocycles. The number of aliphatic hydroxyl groups is 1. The fraction of sp³-hybridized carbons (Fsp3) is 0.667. The zero-order valence-corrected chi connectivity index (χ0v) is 7.30. The van der Waals surface area contributed by atoms with E-state index in [1.54, 1.807) is 0 Å². The van der Waals surface area contributed by atoms with Gasteiger partial charge in [-0.25, -0.2) is 0 Å². The third kappa shape index (κ3) is 7.10. The van der Waals surface area contributed by atoms with Crippen molar-refractivity contribution in [1.29, 1.82) is 0 Å². The summed E-state index contributed by atoms with van der Waals surface area (Å²) in [7, 11) is 1.36. The highest BCUT2D eigenvalue weighted by Crippen LogP contribution is 1.90. The third-order valence-corrected chi connectivity index (χ3v) is 1.27. The molecule has 0 aromatic carbocycles. The van der Waals surface area contributed by atoms with E-state index in [4.69, 9.17) is 5.11 Å². The van der Waals surface area contributed by atoms with Crippen LogP contribution >= 0.6 is 0 Å². The van der Waals surface area contributed by atoms with E-state index in [1.165, 1.54) is 7.11 Å². The second-order valence-corrected chi connectivity index (χ2v) is 2.26. The summed E-state index contributed by atoms with van der Waals surface area (Å²) in [5.41, 5.74) is 0. The van der Waals surface area contributed by atoms with Crippen LogP contribution in [0.4, 0.5) is 0 Å². The van der Waals surface area contributed by atoms with E-state index in [9.17, 15) is 4.79 Å². The highest BCUT2D eigenvalue weighted by atomic mass is 16.5. The summed E-state index contributed by atoms with van der Waals surface area (Å²) in [6.07, 6.45) is 2.28. The molecule has 3 heteroatoms. The lowest BCUT2D eigenvalue weighted by molar-refractivity contribution is -0.140. The number of esters is 1. The molecule has 3 nitrogen and oxygen atoms in total. The number of hydrogen-bond acceptors (Lipinski definition) is 3. The maximum absolute atomic E-state index is 10.6. The predicted octanol–water partition coefficient (Wildman–Crippen LogP) is 0.715. The topological polar surface area (TPSA) is 46.5 Å². The first-order valence-corrected chi connectivity index (χ1v) is 3.94. The minimum Gasteiger partial charge on any atom is -0.469 e. The Morgan fingerprint density at radius 1 is 1.42 bits per heavy atom. The Morgan fingerprint density at radius 3 is 2.67 bits per heavy atom. The van der Waals surface area contributed by atoms with Crippen LogP contribution in [0, 0.1) is 11.8 Å². The first-order chi connectivity index (χ1) is 5.81. The Morgan fingerprint density at radius 2 is 2.08 bits per heavy atom. The SMILES string of the molecule is COC(=O)CCC#CCCCO. The highest BCUT2D eigenvalue weighted by molar-refractivity contribution is 5.69. The minimum atomic E-state index is -0.230. The monoisotopic (exact) mass is 170 g/mol. The van der Waals surface area contributed by atoms with Crippen LogP contribution in [-0.4, -0.2) is 24.8 Å². The summed E-state index contributed by atoms with van der Waals surface area (Å²) >= 11 is 0. The van der Waals surface area contributed by atoms with E-state index in [2.05, 4.69) is 16.6 Å². The fourth-order valence-electron chi connectivity index (χ4n) is 0.611. The van der Waals surface area contributed by atoms with Crippen LogP contribution in [0.3, 0.4) is 0 Å². The molecule has 0 aliphatic rings. The van der Waals surface area contributed by atoms with Gasteiger partial charge in [0.25, 0.3) is 0 Å². The molecule has 0 radical (unpaired) electrons. The van der Waals surface area contributed by atoms with Crippen LogP contribution in [-0.2, 0) is 9.53 Å². The number of ether oxygens (including phenoxy) is 1. The molecule has 0 bridgehead atoms. The lowest BCUT2D eigenvalue weighted by atomic mass is 10.3. The highest BCUT2D eigenvalue weighted by Gasteiger charge is 1.95.